The van der Waals surface area contributed by atoms with Crippen LogP contribution < -0.4 is 10.4 Å². The van der Waals surface area contributed by atoms with E-state index < -0.39 is 5.63 Å². The van der Waals surface area contributed by atoms with E-state index >= 15 is 0 Å². The Hall–Kier alpha value is -2.49. The van der Waals surface area contributed by atoms with Gasteiger partial charge in [-0.15, -0.1) is 0 Å². The second-order valence-corrected chi connectivity index (χ2v) is 5.77. The van der Waals surface area contributed by atoms with Crippen molar-refractivity contribution in [3.63, 3.8) is 0 Å². The van der Waals surface area contributed by atoms with Crippen LogP contribution in [0, 0.1) is 0 Å². The molecule has 4 heteroatoms. The van der Waals surface area contributed by atoms with Crippen LogP contribution in [-0.4, -0.2) is 11.7 Å². The Labute approximate surface area is 135 Å². The van der Waals surface area contributed by atoms with E-state index in [2.05, 4.69) is 19.9 Å². The van der Waals surface area contributed by atoms with Gasteiger partial charge in [0.15, 0.2) is 11.3 Å². The maximum Gasteiger partial charge on any atom is 0.336 e. The molecule has 1 heterocycles. The second-order valence-electron chi connectivity index (χ2n) is 5.77. The van der Waals surface area contributed by atoms with E-state index in [4.69, 9.17) is 9.15 Å². The van der Waals surface area contributed by atoms with E-state index in [0.29, 0.717) is 12.0 Å². The smallest absolute Gasteiger partial charge is 0.336 e. The third-order valence-electron chi connectivity index (χ3n) is 3.47. The van der Waals surface area contributed by atoms with E-state index in [-0.39, 0.29) is 17.1 Å². The van der Waals surface area contributed by atoms with Gasteiger partial charge in [-0.1, -0.05) is 17.2 Å². The Morgan fingerprint density at radius 3 is 2.65 bits per heavy atom. The molecule has 0 radical (unpaired) electrons. The van der Waals surface area contributed by atoms with Crippen molar-refractivity contribution >= 4 is 11.0 Å². The lowest BCUT2D eigenvalue weighted by Gasteiger charge is -2.08. The summed E-state index contributed by atoms with van der Waals surface area (Å²) in [5, 5.41) is 10.7. The van der Waals surface area contributed by atoms with Gasteiger partial charge in [0.1, 0.15) is 6.61 Å². The van der Waals surface area contributed by atoms with E-state index in [0.717, 1.165) is 12.8 Å². The number of phenolic OH excluding ortho intramolecular Hbond substituents is 1. The second kappa shape index (κ2) is 7.68. The van der Waals surface area contributed by atoms with Gasteiger partial charge >= 0.3 is 5.63 Å². The highest BCUT2D eigenvalue weighted by Gasteiger charge is 2.10. The number of rotatable bonds is 6. The Morgan fingerprint density at radius 1 is 1.17 bits per heavy atom. The monoisotopic (exact) mass is 314 g/mol. The molecule has 2 aromatic rings. The highest BCUT2D eigenvalue weighted by atomic mass is 16.5. The van der Waals surface area contributed by atoms with Crippen LogP contribution in [0.1, 0.15) is 33.6 Å². The third kappa shape index (κ3) is 4.74. The average Bonchev–Trinajstić information content (AvgIpc) is 2.49. The molecule has 23 heavy (non-hydrogen) atoms. The third-order valence-corrected chi connectivity index (χ3v) is 3.47. The van der Waals surface area contributed by atoms with Gasteiger partial charge in [0, 0.05) is 11.5 Å². The van der Waals surface area contributed by atoms with Crippen LogP contribution >= 0.6 is 0 Å². The van der Waals surface area contributed by atoms with Crippen LogP contribution in [-0.2, 0) is 0 Å². The summed E-state index contributed by atoms with van der Waals surface area (Å²) in [6, 6.07) is 6.20. The molecule has 1 N–H and O–H groups in total. The average molecular weight is 314 g/mol. The lowest BCUT2D eigenvalue weighted by atomic mass is 10.1. The zero-order valence-electron chi connectivity index (χ0n) is 13.8. The van der Waals surface area contributed by atoms with Crippen molar-refractivity contribution in [1.29, 1.82) is 0 Å². The van der Waals surface area contributed by atoms with Crippen LogP contribution in [0.3, 0.4) is 0 Å². The number of fused-ring (bicyclic) bond motifs is 1. The minimum atomic E-state index is -0.471. The Morgan fingerprint density at radius 2 is 1.91 bits per heavy atom. The Balaban J connectivity index is 2.10. The van der Waals surface area contributed by atoms with Crippen LogP contribution in [0.4, 0.5) is 0 Å². The van der Waals surface area contributed by atoms with E-state index in [1.165, 1.54) is 23.3 Å². The quantitative estimate of drug-likeness (QED) is 0.627. The van der Waals surface area contributed by atoms with Gasteiger partial charge in [-0.05, 0) is 57.9 Å². The standard InChI is InChI=1S/C19H22O4/c1-13(2)5-4-6-14(3)11-12-22-19-16(20)9-7-15-8-10-17(21)23-18(15)19/h5,7-11,20H,4,6,12H2,1-3H3. The minimum absolute atomic E-state index is 0.0394. The lowest BCUT2D eigenvalue weighted by molar-refractivity contribution is 0.332. The first kappa shape index (κ1) is 16.9. The van der Waals surface area contributed by atoms with E-state index in [9.17, 15) is 9.90 Å². The molecule has 1 aromatic heterocycles. The largest absolute Gasteiger partial charge is 0.504 e. The molecule has 2 rings (SSSR count). The normalized spacial score (nSPS) is 11.5. The van der Waals surface area contributed by atoms with Crippen molar-refractivity contribution in [2.75, 3.05) is 6.61 Å². The fraction of sp³-hybridized carbons (Fsp3) is 0.316. The molecule has 0 fully saturated rings. The number of benzene rings is 1. The van der Waals surface area contributed by atoms with Crippen molar-refractivity contribution in [3.8, 4) is 11.5 Å². The first-order chi connectivity index (χ1) is 11.0. The summed E-state index contributed by atoms with van der Waals surface area (Å²) >= 11 is 0. The first-order valence-electron chi connectivity index (χ1n) is 7.65. The minimum Gasteiger partial charge on any atom is -0.504 e. The van der Waals surface area contributed by atoms with Crippen molar-refractivity contribution in [1.82, 2.24) is 0 Å². The predicted molar refractivity (Wildman–Crippen MR) is 92.1 cm³/mol. The molecule has 0 saturated carbocycles. The fourth-order valence-electron chi connectivity index (χ4n) is 2.19. The maximum atomic E-state index is 11.4. The molecular weight excluding hydrogens is 292 g/mol. The van der Waals surface area contributed by atoms with Gasteiger partial charge in [0.25, 0.3) is 0 Å². The summed E-state index contributed by atoms with van der Waals surface area (Å²) in [6.07, 6.45) is 6.13. The topological polar surface area (TPSA) is 59.7 Å². The highest BCUT2D eigenvalue weighted by Crippen LogP contribution is 2.33. The van der Waals surface area contributed by atoms with E-state index in [1.807, 2.05) is 13.0 Å². The highest BCUT2D eigenvalue weighted by molar-refractivity contribution is 5.85. The van der Waals surface area contributed by atoms with Gasteiger partial charge in [0.05, 0.1) is 0 Å². The summed E-state index contributed by atoms with van der Waals surface area (Å²) in [6.45, 7) is 6.52. The molecule has 0 bridgehead atoms. The number of allylic oxidation sites excluding steroid dienone is 3. The van der Waals surface area contributed by atoms with Crippen LogP contribution in [0.15, 0.2) is 56.8 Å². The summed E-state index contributed by atoms with van der Waals surface area (Å²) < 4.78 is 10.8. The molecule has 4 nitrogen and oxygen atoms in total. The number of phenols is 1. The molecule has 0 saturated heterocycles. The SMILES string of the molecule is CC(C)=CCCC(C)=CCOc1c(O)ccc2ccc(=O)oc12. The summed E-state index contributed by atoms with van der Waals surface area (Å²) in [5.74, 6) is 0.163. The van der Waals surface area contributed by atoms with Crippen LogP contribution in [0.25, 0.3) is 11.0 Å². The van der Waals surface area contributed by atoms with E-state index in [1.54, 1.807) is 12.1 Å². The first-order valence-corrected chi connectivity index (χ1v) is 7.65. The number of hydrogen-bond donors (Lipinski definition) is 1. The molecule has 0 unspecified atom stereocenters. The molecule has 0 aliphatic heterocycles. The summed E-state index contributed by atoms with van der Waals surface area (Å²) in [7, 11) is 0. The lowest BCUT2D eigenvalue weighted by Crippen LogP contribution is -1.99. The molecule has 0 spiro atoms. The van der Waals surface area contributed by atoms with Gasteiger partial charge in [-0.25, -0.2) is 4.79 Å². The fourth-order valence-corrected chi connectivity index (χ4v) is 2.19. The van der Waals surface area contributed by atoms with Crippen molar-refractivity contribution < 1.29 is 14.3 Å². The number of aromatic hydroxyl groups is 1. The molecular formula is C19H22O4. The molecule has 0 atom stereocenters. The van der Waals surface area contributed by atoms with Gasteiger partial charge in [0.2, 0.25) is 5.75 Å². The molecule has 0 aliphatic carbocycles. The molecule has 122 valence electrons. The van der Waals surface area contributed by atoms with Crippen molar-refractivity contribution in [2.24, 2.45) is 0 Å². The summed E-state index contributed by atoms with van der Waals surface area (Å²) in [5.41, 5.74) is 2.32. The maximum absolute atomic E-state index is 11.4. The Kier molecular flexibility index (Phi) is 5.63. The molecule has 1 aromatic carbocycles. The van der Waals surface area contributed by atoms with Gasteiger partial charge < -0.3 is 14.3 Å². The van der Waals surface area contributed by atoms with Gasteiger partial charge in [-0.2, -0.15) is 0 Å². The predicted octanol–water partition coefficient (Wildman–Crippen LogP) is 4.57. The van der Waals surface area contributed by atoms with Crippen LogP contribution in [0.5, 0.6) is 11.5 Å². The zero-order chi connectivity index (χ0) is 16.8. The summed E-state index contributed by atoms with van der Waals surface area (Å²) in [4.78, 5) is 11.4. The van der Waals surface area contributed by atoms with Crippen LogP contribution in [0.2, 0.25) is 0 Å². The molecule has 0 aliphatic rings. The molecule has 0 amide bonds. The van der Waals surface area contributed by atoms with Gasteiger partial charge in [-0.3, -0.25) is 0 Å². The van der Waals surface area contributed by atoms with Crippen molar-refractivity contribution in [2.45, 2.75) is 33.6 Å². The Bertz CT molecular complexity index is 793. The zero-order valence-corrected chi connectivity index (χ0v) is 13.8. The number of hydrogen-bond acceptors (Lipinski definition) is 4. The van der Waals surface area contributed by atoms with Crippen molar-refractivity contribution in [3.05, 3.63) is 58.0 Å². The number of ether oxygens (including phenoxy) is 1.